The number of ether oxygens (including phenoxy) is 1. The Kier molecular flexibility index (Phi) is 3.64. The summed E-state index contributed by atoms with van der Waals surface area (Å²) in [5.41, 5.74) is 0. The first-order chi connectivity index (χ1) is 4.59. The minimum Gasteiger partial charge on any atom is -0.376 e. The monoisotopic (exact) mass is 145 g/mol. The first-order valence-electron chi connectivity index (χ1n) is 2.83. The van der Waals surface area contributed by atoms with Crippen molar-refractivity contribution in [2.75, 3.05) is 27.8 Å². The second-order valence-electron chi connectivity index (χ2n) is 2.06. The zero-order chi connectivity index (χ0) is 8.15. The van der Waals surface area contributed by atoms with E-state index in [0.29, 0.717) is 0 Å². The summed E-state index contributed by atoms with van der Waals surface area (Å²) in [4.78, 5) is 22.6. The van der Waals surface area contributed by atoms with Crippen LogP contribution in [0.5, 0.6) is 0 Å². The Hall–Kier alpha value is -0.900. The van der Waals surface area contributed by atoms with E-state index in [1.54, 1.807) is 0 Å². The van der Waals surface area contributed by atoms with E-state index in [1.807, 2.05) is 0 Å². The molecule has 0 rings (SSSR count). The molecule has 0 N–H and O–H groups in total. The summed E-state index contributed by atoms with van der Waals surface area (Å²) >= 11 is 0. The molecule has 0 bridgehead atoms. The summed E-state index contributed by atoms with van der Waals surface area (Å²) in [6.45, 7) is -0.142. The van der Waals surface area contributed by atoms with Crippen molar-refractivity contribution in [1.29, 1.82) is 0 Å². The maximum atomic E-state index is 10.7. The molecule has 0 aromatic carbocycles. The molecule has 0 unspecified atom stereocenters. The first kappa shape index (κ1) is 9.10. The number of likely N-dealkylation sites (N-methyl/N-ethyl adjacent to an activating group) is 1. The molecule has 0 saturated carbocycles. The number of carbonyl (C=O) groups is 2. The Morgan fingerprint density at radius 3 is 2.20 bits per heavy atom. The van der Waals surface area contributed by atoms with Gasteiger partial charge in [-0.3, -0.25) is 9.59 Å². The molecule has 10 heavy (non-hydrogen) atoms. The largest absolute Gasteiger partial charge is 0.376 e. The quantitative estimate of drug-likeness (QED) is 0.493. The summed E-state index contributed by atoms with van der Waals surface area (Å²) in [5.74, 6) is -1.05. The molecular formula is C6H11NO3. The summed E-state index contributed by atoms with van der Waals surface area (Å²) in [6, 6.07) is 0. The summed E-state index contributed by atoms with van der Waals surface area (Å²) in [6.07, 6.45) is 0. The molecule has 0 aliphatic heterocycles. The molecule has 58 valence electrons. The van der Waals surface area contributed by atoms with E-state index in [-0.39, 0.29) is 6.61 Å². The number of rotatable bonds is 3. The van der Waals surface area contributed by atoms with E-state index >= 15 is 0 Å². The topological polar surface area (TPSA) is 46.6 Å². The molecule has 0 aliphatic carbocycles. The lowest BCUT2D eigenvalue weighted by Crippen LogP contribution is -2.32. The van der Waals surface area contributed by atoms with Gasteiger partial charge in [-0.2, -0.15) is 0 Å². The summed E-state index contributed by atoms with van der Waals surface area (Å²) in [7, 11) is 4.42. The zero-order valence-electron chi connectivity index (χ0n) is 6.38. The van der Waals surface area contributed by atoms with Gasteiger partial charge in [0.05, 0.1) is 0 Å². The molecule has 0 radical (unpaired) electrons. The Morgan fingerprint density at radius 2 is 1.90 bits per heavy atom. The normalized spacial score (nSPS) is 9.10. The zero-order valence-corrected chi connectivity index (χ0v) is 6.38. The molecule has 4 heteroatoms. The van der Waals surface area contributed by atoms with Gasteiger partial charge in [-0.05, 0) is 0 Å². The van der Waals surface area contributed by atoms with E-state index in [0.717, 1.165) is 0 Å². The molecule has 0 atom stereocenters. The number of methoxy groups -OCH3 is 1. The molecule has 1 amide bonds. The van der Waals surface area contributed by atoms with Crippen molar-refractivity contribution in [3.8, 4) is 0 Å². The van der Waals surface area contributed by atoms with Gasteiger partial charge in [-0.25, -0.2) is 0 Å². The van der Waals surface area contributed by atoms with E-state index in [1.165, 1.54) is 26.1 Å². The Labute approximate surface area is 59.8 Å². The van der Waals surface area contributed by atoms with E-state index in [9.17, 15) is 9.59 Å². The highest BCUT2D eigenvalue weighted by atomic mass is 16.5. The number of nitrogens with zero attached hydrogens (tertiary/aromatic N) is 1. The molecule has 0 heterocycles. The molecule has 0 saturated heterocycles. The number of hydrogen-bond acceptors (Lipinski definition) is 3. The predicted molar refractivity (Wildman–Crippen MR) is 35.6 cm³/mol. The smallest absolute Gasteiger partial charge is 0.291 e. The molecule has 0 aromatic rings. The average Bonchev–Trinajstić information content (AvgIpc) is 1.87. The number of Topliss-reactive ketones (excluding diaryl/α,β-unsaturated/α-hetero) is 1. The van der Waals surface area contributed by atoms with Crippen molar-refractivity contribution in [2.45, 2.75) is 0 Å². The molecule has 0 aromatic heterocycles. The highest BCUT2D eigenvalue weighted by molar-refractivity contribution is 6.36. The lowest BCUT2D eigenvalue weighted by molar-refractivity contribution is -0.144. The van der Waals surface area contributed by atoms with Crippen LogP contribution in [0.3, 0.4) is 0 Å². The van der Waals surface area contributed by atoms with Gasteiger partial charge in [-0.1, -0.05) is 0 Å². The SMILES string of the molecule is COCC(=O)C(=O)N(C)C. The fourth-order valence-corrected chi connectivity index (χ4v) is 0.442. The number of hydrogen-bond donors (Lipinski definition) is 0. The molecule has 4 nitrogen and oxygen atoms in total. The summed E-state index contributed by atoms with van der Waals surface area (Å²) < 4.78 is 4.48. The van der Waals surface area contributed by atoms with Gasteiger partial charge in [0.2, 0.25) is 5.78 Å². The average molecular weight is 145 g/mol. The van der Waals surface area contributed by atoms with Crippen molar-refractivity contribution in [3.63, 3.8) is 0 Å². The Bertz CT molecular complexity index is 142. The van der Waals surface area contributed by atoms with Crippen LogP contribution in [-0.2, 0) is 14.3 Å². The summed E-state index contributed by atoms with van der Waals surface area (Å²) in [5, 5.41) is 0. The van der Waals surface area contributed by atoms with E-state index in [4.69, 9.17) is 0 Å². The van der Waals surface area contributed by atoms with Gasteiger partial charge >= 0.3 is 0 Å². The molecule has 0 spiro atoms. The lowest BCUT2D eigenvalue weighted by atomic mass is 10.4. The predicted octanol–water partition coefficient (Wildman–Crippen LogP) is -0.710. The van der Waals surface area contributed by atoms with Crippen LogP contribution >= 0.6 is 0 Å². The molecular weight excluding hydrogens is 134 g/mol. The van der Waals surface area contributed by atoms with Crippen LogP contribution in [0.2, 0.25) is 0 Å². The number of carbonyl (C=O) groups excluding carboxylic acids is 2. The van der Waals surface area contributed by atoms with Gasteiger partial charge in [0.25, 0.3) is 5.91 Å². The minimum absolute atomic E-state index is 0.142. The third kappa shape index (κ3) is 2.59. The third-order valence-electron chi connectivity index (χ3n) is 0.920. The lowest BCUT2D eigenvalue weighted by Gasteiger charge is -2.07. The van der Waals surface area contributed by atoms with Crippen molar-refractivity contribution in [2.24, 2.45) is 0 Å². The Balaban J connectivity index is 3.83. The second-order valence-corrected chi connectivity index (χ2v) is 2.06. The van der Waals surface area contributed by atoms with Gasteiger partial charge in [0.1, 0.15) is 6.61 Å². The van der Waals surface area contributed by atoms with E-state index in [2.05, 4.69) is 4.74 Å². The van der Waals surface area contributed by atoms with Crippen LogP contribution in [0.15, 0.2) is 0 Å². The number of amides is 1. The molecule has 0 aliphatic rings. The van der Waals surface area contributed by atoms with Crippen LogP contribution in [0.4, 0.5) is 0 Å². The van der Waals surface area contributed by atoms with Crippen molar-refractivity contribution < 1.29 is 14.3 Å². The van der Waals surface area contributed by atoms with Crippen LogP contribution in [-0.4, -0.2) is 44.4 Å². The minimum atomic E-state index is -0.526. The standard InChI is InChI=1S/C6H11NO3/c1-7(2)6(9)5(8)4-10-3/h4H2,1-3H3. The van der Waals surface area contributed by atoms with Crippen molar-refractivity contribution in [3.05, 3.63) is 0 Å². The maximum Gasteiger partial charge on any atom is 0.291 e. The molecule has 0 fully saturated rings. The fourth-order valence-electron chi connectivity index (χ4n) is 0.442. The van der Waals surface area contributed by atoms with Crippen molar-refractivity contribution in [1.82, 2.24) is 4.90 Å². The first-order valence-corrected chi connectivity index (χ1v) is 2.83. The highest BCUT2D eigenvalue weighted by Crippen LogP contribution is 1.81. The van der Waals surface area contributed by atoms with Crippen molar-refractivity contribution >= 4 is 11.7 Å². The van der Waals surface area contributed by atoms with Crippen LogP contribution in [0, 0.1) is 0 Å². The Morgan fingerprint density at radius 1 is 1.40 bits per heavy atom. The fraction of sp³-hybridized carbons (Fsp3) is 0.667. The van der Waals surface area contributed by atoms with Gasteiger partial charge in [-0.15, -0.1) is 0 Å². The number of ketones is 1. The maximum absolute atomic E-state index is 10.7. The van der Waals surface area contributed by atoms with E-state index < -0.39 is 11.7 Å². The van der Waals surface area contributed by atoms with Crippen LogP contribution in [0.25, 0.3) is 0 Å². The van der Waals surface area contributed by atoms with Gasteiger partial charge in [0.15, 0.2) is 0 Å². The van der Waals surface area contributed by atoms with Crippen LogP contribution in [0.1, 0.15) is 0 Å². The second kappa shape index (κ2) is 4.00. The van der Waals surface area contributed by atoms with Crippen LogP contribution < -0.4 is 0 Å². The van der Waals surface area contributed by atoms with Gasteiger partial charge in [0, 0.05) is 21.2 Å². The van der Waals surface area contributed by atoms with Gasteiger partial charge < -0.3 is 9.64 Å². The highest BCUT2D eigenvalue weighted by Gasteiger charge is 2.14. The third-order valence-corrected chi connectivity index (χ3v) is 0.920.